The van der Waals surface area contributed by atoms with Crippen molar-refractivity contribution in [3.05, 3.63) is 0 Å². The molecule has 2 amide bonds. The van der Waals surface area contributed by atoms with Gasteiger partial charge in [-0.2, -0.15) is 0 Å². The van der Waals surface area contributed by atoms with Crippen molar-refractivity contribution in [1.82, 2.24) is 5.32 Å². The van der Waals surface area contributed by atoms with E-state index in [-0.39, 0.29) is 23.1 Å². The van der Waals surface area contributed by atoms with E-state index in [9.17, 15) is 9.59 Å². The maximum absolute atomic E-state index is 12.2. The van der Waals surface area contributed by atoms with Gasteiger partial charge in [0, 0.05) is 12.3 Å². The van der Waals surface area contributed by atoms with E-state index >= 15 is 0 Å². The lowest BCUT2D eigenvalue weighted by molar-refractivity contribution is -0.148. The van der Waals surface area contributed by atoms with Gasteiger partial charge in [-0.25, -0.2) is 0 Å². The van der Waals surface area contributed by atoms with E-state index < -0.39 is 0 Å². The number of carbonyl (C=O) groups excluding carboxylic acids is 2. The third-order valence-corrected chi connectivity index (χ3v) is 5.35. The number of carbonyl (C=O) groups is 2. The Hall–Kier alpha value is -0.860. The Labute approximate surface area is 116 Å². The number of imide groups is 1. The number of rotatable bonds is 2. The largest absolute Gasteiger partial charge is 0.296 e. The molecule has 2 aliphatic rings. The lowest BCUT2D eigenvalue weighted by atomic mass is 9.57. The van der Waals surface area contributed by atoms with Crippen LogP contribution in [0, 0.1) is 29.1 Å². The summed E-state index contributed by atoms with van der Waals surface area (Å²) in [7, 11) is 0. The number of hydrogen-bond donors (Lipinski definition) is 1. The topological polar surface area (TPSA) is 46.2 Å². The second kappa shape index (κ2) is 5.26. The number of hydrogen-bond acceptors (Lipinski definition) is 2. The smallest absolute Gasteiger partial charge is 0.230 e. The normalized spacial score (nSPS) is 36.1. The standard InChI is InChI=1S/C16H27NO2/c1-10(2)12-5-7-16(8-6-12)9-13(18)17-15(19)14(16)11(3)4/h10-12,14H,5-9H2,1-4H3,(H,17,18,19). The van der Waals surface area contributed by atoms with E-state index in [4.69, 9.17) is 0 Å². The Morgan fingerprint density at radius 2 is 1.63 bits per heavy atom. The van der Waals surface area contributed by atoms with Gasteiger partial charge in [0.1, 0.15) is 0 Å². The Balaban J connectivity index is 2.19. The molecular formula is C16H27NO2. The van der Waals surface area contributed by atoms with Crippen molar-refractivity contribution in [2.75, 3.05) is 0 Å². The van der Waals surface area contributed by atoms with Crippen molar-refractivity contribution in [3.63, 3.8) is 0 Å². The molecule has 1 atom stereocenters. The highest BCUT2D eigenvalue weighted by Crippen LogP contribution is 2.52. The number of nitrogens with one attached hydrogen (secondary N) is 1. The molecule has 0 aromatic carbocycles. The van der Waals surface area contributed by atoms with Gasteiger partial charge >= 0.3 is 0 Å². The van der Waals surface area contributed by atoms with Crippen LogP contribution in [0.3, 0.4) is 0 Å². The minimum absolute atomic E-state index is 0.0123. The van der Waals surface area contributed by atoms with Gasteiger partial charge < -0.3 is 0 Å². The first-order valence-electron chi connectivity index (χ1n) is 7.69. The third kappa shape index (κ3) is 2.70. The van der Waals surface area contributed by atoms with Gasteiger partial charge in [-0.05, 0) is 48.9 Å². The summed E-state index contributed by atoms with van der Waals surface area (Å²) >= 11 is 0. The highest BCUT2D eigenvalue weighted by molar-refractivity contribution is 5.99. The summed E-state index contributed by atoms with van der Waals surface area (Å²) < 4.78 is 0. The molecule has 19 heavy (non-hydrogen) atoms. The van der Waals surface area contributed by atoms with E-state index in [0.717, 1.165) is 18.8 Å². The number of amides is 2. The van der Waals surface area contributed by atoms with Crippen molar-refractivity contribution >= 4 is 11.8 Å². The Morgan fingerprint density at radius 1 is 1.05 bits per heavy atom. The van der Waals surface area contributed by atoms with Crippen LogP contribution >= 0.6 is 0 Å². The van der Waals surface area contributed by atoms with Gasteiger partial charge in [0.15, 0.2) is 0 Å². The molecule has 2 fully saturated rings. The lowest BCUT2D eigenvalue weighted by Gasteiger charge is -2.49. The van der Waals surface area contributed by atoms with Crippen molar-refractivity contribution in [3.8, 4) is 0 Å². The Bertz CT molecular complexity index is 365. The zero-order valence-corrected chi connectivity index (χ0v) is 12.7. The van der Waals surface area contributed by atoms with E-state index in [1.165, 1.54) is 12.8 Å². The highest BCUT2D eigenvalue weighted by atomic mass is 16.2. The maximum Gasteiger partial charge on any atom is 0.230 e. The van der Waals surface area contributed by atoms with Crippen molar-refractivity contribution in [2.45, 2.75) is 59.8 Å². The molecule has 1 unspecified atom stereocenters. The van der Waals surface area contributed by atoms with Crippen LogP contribution in [0.15, 0.2) is 0 Å². The predicted octanol–water partition coefficient (Wildman–Crippen LogP) is 3.14. The lowest BCUT2D eigenvalue weighted by Crippen LogP contribution is -2.55. The van der Waals surface area contributed by atoms with Gasteiger partial charge in [-0.1, -0.05) is 27.7 Å². The molecule has 2 rings (SSSR count). The second-order valence-corrected chi connectivity index (χ2v) is 7.25. The van der Waals surface area contributed by atoms with Crippen LogP contribution in [-0.4, -0.2) is 11.8 Å². The van der Waals surface area contributed by atoms with E-state index in [1.807, 2.05) is 0 Å². The molecule has 1 aliphatic carbocycles. The zero-order chi connectivity index (χ0) is 14.2. The molecule has 1 saturated heterocycles. The summed E-state index contributed by atoms with van der Waals surface area (Å²) in [6.45, 7) is 8.77. The van der Waals surface area contributed by atoms with Crippen LogP contribution < -0.4 is 5.32 Å². The molecule has 1 spiro atoms. The molecule has 3 heteroatoms. The molecule has 1 aliphatic heterocycles. The molecule has 0 aromatic heterocycles. The SMILES string of the molecule is CC(C)C1CCC2(CC1)CC(=O)NC(=O)C2C(C)C. The molecule has 108 valence electrons. The van der Waals surface area contributed by atoms with Gasteiger partial charge in [0.2, 0.25) is 11.8 Å². The fourth-order valence-electron chi connectivity index (χ4n) is 4.35. The molecule has 3 nitrogen and oxygen atoms in total. The summed E-state index contributed by atoms with van der Waals surface area (Å²) in [5, 5.41) is 2.54. The van der Waals surface area contributed by atoms with E-state index in [2.05, 4.69) is 33.0 Å². The van der Waals surface area contributed by atoms with E-state index in [1.54, 1.807) is 0 Å². The number of piperidine rings is 1. The van der Waals surface area contributed by atoms with Crippen LogP contribution in [0.1, 0.15) is 59.8 Å². The molecule has 0 radical (unpaired) electrons. The molecule has 1 heterocycles. The second-order valence-electron chi connectivity index (χ2n) is 7.25. The van der Waals surface area contributed by atoms with E-state index in [0.29, 0.717) is 18.3 Å². The summed E-state index contributed by atoms with van der Waals surface area (Å²) in [6, 6.07) is 0. The first-order chi connectivity index (χ1) is 8.85. The summed E-state index contributed by atoms with van der Waals surface area (Å²) in [5.41, 5.74) is -0.0566. The van der Waals surface area contributed by atoms with Crippen molar-refractivity contribution < 1.29 is 9.59 Å². The van der Waals surface area contributed by atoms with Crippen LogP contribution in [0.4, 0.5) is 0 Å². The van der Waals surface area contributed by atoms with Crippen LogP contribution in [0.25, 0.3) is 0 Å². The minimum Gasteiger partial charge on any atom is -0.296 e. The summed E-state index contributed by atoms with van der Waals surface area (Å²) in [5.74, 6) is 1.70. The minimum atomic E-state index is -0.0649. The van der Waals surface area contributed by atoms with Crippen molar-refractivity contribution in [2.24, 2.45) is 29.1 Å². The first kappa shape index (κ1) is 14.5. The average molecular weight is 265 g/mol. The molecule has 1 N–H and O–H groups in total. The van der Waals surface area contributed by atoms with Gasteiger partial charge in [0.05, 0.1) is 0 Å². The van der Waals surface area contributed by atoms with Gasteiger partial charge in [-0.3, -0.25) is 14.9 Å². The zero-order valence-electron chi connectivity index (χ0n) is 12.7. The fraction of sp³-hybridized carbons (Fsp3) is 0.875. The molecular weight excluding hydrogens is 238 g/mol. The van der Waals surface area contributed by atoms with Crippen LogP contribution in [0.5, 0.6) is 0 Å². The monoisotopic (exact) mass is 265 g/mol. The van der Waals surface area contributed by atoms with Gasteiger partial charge in [-0.15, -0.1) is 0 Å². The summed E-state index contributed by atoms with van der Waals surface area (Å²) in [6.07, 6.45) is 4.96. The molecule has 0 aromatic rings. The third-order valence-electron chi connectivity index (χ3n) is 5.35. The quantitative estimate of drug-likeness (QED) is 0.780. The Morgan fingerprint density at radius 3 is 2.11 bits per heavy atom. The maximum atomic E-state index is 12.2. The molecule has 1 saturated carbocycles. The highest BCUT2D eigenvalue weighted by Gasteiger charge is 2.50. The first-order valence-corrected chi connectivity index (χ1v) is 7.69. The average Bonchev–Trinajstić information content (AvgIpc) is 2.27. The fourth-order valence-corrected chi connectivity index (χ4v) is 4.35. The molecule has 0 bridgehead atoms. The van der Waals surface area contributed by atoms with Crippen molar-refractivity contribution in [1.29, 1.82) is 0 Å². The predicted molar refractivity (Wildman–Crippen MR) is 75.3 cm³/mol. The van der Waals surface area contributed by atoms with Gasteiger partial charge in [0.25, 0.3) is 0 Å². The summed E-state index contributed by atoms with van der Waals surface area (Å²) in [4.78, 5) is 24.0. The Kier molecular flexibility index (Phi) is 4.03. The van der Waals surface area contributed by atoms with Crippen LogP contribution in [0.2, 0.25) is 0 Å². The van der Waals surface area contributed by atoms with Crippen LogP contribution in [-0.2, 0) is 9.59 Å².